The lowest BCUT2D eigenvalue weighted by molar-refractivity contribution is -0.145. The van der Waals surface area contributed by atoms with E-state index in [1.807, 2.05) is 0 Å². The molecule has 34 heteroatoms. The Morgan fingerprint density at radius 1 is 0.564 bits per heavy atom. The molecular weight excluding hydrogens is 1230 g/mol. The lowest BCUT2D eigenvalue weighted by Gasteiger charge is -2.32. The van der Waals surface area contributed by atoms with E-state index in [4.69, 9.17) is 11.5 Å². The van der Waals surface area contributed by atoms with Crippen LogP contribution in [0, 0.1) is 0 Å². The summed E-state index contributed by atoms with van der Waals surface area (Å²) < 4.78 is 0. The van der Waals surface area contributed by atoms with Crippen LogP contribution in [0.5, 0.6) is 5.75 Å². The summed E-state index contributed by atoms with van der Waals surface area (Å²) in [7, 11) is 0. The fraction of sp³-hybridized carbons (Fsp3) is 0.683. The number of hydrogen-bond acceptors (Lipinski definition) is 20. The van der Waals surface area contributed by atoms with Gasteiger partial charge in [0.05, 0.1) is 45.4 Å². The number of amides is 8. The molecule has 1 aromatic rings. The lowest BCUT2D eigenvalue weighted by Crippen LogP contribution is -2.60. The Labute approximate surface area is 546 Å². The molecule has 0 unspecified atom stereocenters. The molecule has 3 rings (SSSR count). The fourth-order valence-electron chi connectivity index (χ4n) is 10.6. The highest BCUT2D eigenvalue weighted by Crippen LogP contribution is 2.21. The van der Waals surface area contributed by atoms with Gasteiger partial charge < -0.3 is 89.3 Å². The van der Waals surface area contributed by atoms with Gasteiger partial charge in [0.15, 0.2) is 12.0 Å². The van der Waals surface area contributed by atoms with Crippen molar-refractivity contribution in [2.24, 2.45) is 16.5 Å². The number of benzene rings is 1. The maximum atomic E-state index is 14.4. The molecule has 0 radical (unpaired) electrons. The number of carboxylic acids is 4. The van der Waals surface area contributed by atoms with Gasteiger partial charge in [0.2, 0.25) is 47.3 Å². The Bertz CT molecular complexity index is 2640. The standard InChI is InChI=1S/C60H99N15O19/c1-39(54(88)70-53(40(2)77)59(93)94)66-57(91)46-15-13-23-75(46)58(92)44(32-41-17-19-42(78)20-18-41)68-56(90)45(38-76)69-55(89)43(14-12-22-64-60(61)62)67-47(79)16-10-8-6-4-3-5-7-9-11-21-63-48(80)33-65-49(81)34-71-24-26-72(35-50(82)83)28-30-74(37-52(86)87)31-29-73(27-25-71)36-51(84)85/h17-20,39-40,43-46,53,76-78H,3-16,21-38H2,1-2H3,(H,63,80)(H,65,81)(H,66,91)(H,67,79)(H,68,90)(H,69,89)(H,70,88)(H,82,83)(H,84,85)(H,86,87)(H,93,94)(H4,61,62,64)/t39-,40+,43-,44-,45-,46-,53-/m0/s1. The van der Waals surface area contributed by atoms with Crippen molar-refractivity contribution in [2.45, 2.75) is 153 Å². The number of unbranched alkanes of at least 4 members (excludes halogenated alkanes) is 8. The highest BCUT2D eigenvalue weighted by molar-refractivity contribution is 5.97. The SMILES string of the molecule is C[C@H](NC(=O)[C@@H]1CCCN1C(=O)[C@H](Cc1ccc(O)cc1)NC(=O)[C@H](CO)NC(=O)[C@H](CCCN=C(N)N)NC(=O)CCCCCCCCCCCNC(=O)CNC(=O)CN1CCN(CC(=O)O)CCN(CC(=O)O)CCN(CC(=O)O)CC1)C(=O)N[C@H](C(=O)O)[C@@H](C)O. The highest BCUT2D eigenvalue weighted by Gasteiger charge is 2.40. The third-order valence-electron chi connectivity index (χ3n) is 15.8. The van der Waals surface area contributed by atoms with Crippen LogP contribution >= 0.6 is 0 Å². The number of hydrogen-bond donors (Lipinski definition) is 16. The van der Waals surface area contributed by atoms with Crippen molar-refractivity contribution in [2.75, 3.05) is 111 Å². The molecule has 1 aromatic carbocycles. The van der Waals surface area contributed by atoms with Crippen LogP contribution in [0.25, 0.3) is 0 Å². The number of carboxylic acid groups (broad SMARTS) is 4. The number of rotatable bonds is 41. The van der Waals surface area contributed by atoms with Crippen molar-refractivity contribution in [1.29, 1.82) is 0 Å². The van der Waals surface area contributed by atoms with E-state index in [2.05, 4.69) is 42.2 Å². The molecule has 0 aromatic heterocycles. The van der Waals surface area contributed by atoms with Crippen LogP contribution in [-0.4, -0.2) is 291 Å². The average Bonchev–Trinajstić information content (AvgIpc) is 1.67. The van der Waals surface area contributed by atoms with E-state index in [-0.39, 0.29) is 148 Å². The first-order chi connectivity index (χ1) is 44.6. The molecule has 0 spiro atoms. The van der Waals surface area contributed by atoms with Crippen molar-refractivity contribution >= 4 is 77.1 Å². The second kappa shape index (κ2) is 43.6. The third kappa shape index (κ3) is 32.5. The normalized spacial score (nSPS) is 17.2. The number of guanidine groups is 1. The first-order valence-corrected chi connectivity index (χ1v) is 31.9. The number of likely N-dealkylation sites (tertiary alicyclic amines) is 1. The van der Waals surface area contributed by atoms with Crippen molar-refractivity contribution in [3.8, 4) is 5.75 Å². The Hall–Kier alpha value is -8.31. The van der Waals surface area contributed by atoms with Gasteiger partial charge in [-0.1, -0.05) is 57.1 Å². The minimum Gasteiger partial charge on any atom is -0.508 e. The molecule has 0 aliphatic carbocycles. The van der Waals surface area contributed by atoms with Crippen LogP contribution in [0.15, 0.2) is 29.3 Å². The van der Waals surface area contributed by atoms with Gasteiger partial charge in [-0.15, -0.1) is 0 Å². The van der Waals surface area contributed by atoms with E-state index in [0.717, 1.165) is 44.9 Å². The molecule has 2 aliphatic heterocycles. The highest BCUT2D eigenvalue weighted by atomic mass is 16.4. The molecule has 0 bridgehead atoms. The summed E-state index contributed by atoms with van der Waals surface area (Å²) in [5.41, 5.74) is 11.4. The quantitative estimate of drug-likeness (QED) is 0.0167. The van der Waals surface area contributed by atoms with Crippen molar-refractivity contribution in [1.82, 2.24) is 61.7 Å². The van der Waals surface area contributed by atoms with Crippen LogP contribution < -0.4 is 48.7 Å². The summed E-state index contributed by atoms with van der Waals surface area (Å²) in [5, 5.41) is 85.7. The topological polar surface area (TPSA) is 511 Å². The molecule has 528 valence electrons. The second-order valence-corrected chi connectivity index (χ2v) is 23.6. The summed E-state index contributed by atoms with van der Waals surface area (Å²) in [4.78, 5) is 165. The molecular formula is C60H99N15O19. The Balaban J connectivity index is 1.45. The van der Waals surface area contributed by atoms with E-state index in [9.17, 15) is 93.3 Å². The van der Waals surface area contributed by atoms with Crippen LogP contribution in [0.4, 0.5) is 0 Å². The monoisotopic (exact) mass is 1330 g/mol. The Morgan fingerprint density at radius 2 is 1.06 bits per heavy atom. The Morgan fingerprint density at radius 3 is 1.56 bits per heavy atom. The zero-order chi connectivity index (χ0) is 69.7. The molecule has 2 aliphatic rings. The van der Waals surface area contributed by atoms with Gasteiger partial charge in [0, 0.05) is 84.8 Å². The number of carbonyl (C=O) groups excluding carboxylic acids is 8. The number of nitrogens with one attached hydrogen (secondary N) is 7. The zero-order valence-corrected chi connectivity index (χ0v) is 53.8. The zero-order valence-electron chi connectivity index (χ0n) is 53.8. The third-order valence-corrected chi connectivity index (χ3v) is 15.8. The summed E-state index contributed by atoms with van der Waals surface area (Å²) in [6.07, 6.45) is 6.55. The van der Waals surface area contributed by atoms with E-state index in [0.29, 0.717) is 31.4 Å². The van der Waals surface area contributed by atoms with Crippen LogP contribution in [0.1, 0.15) is 109 Å². The smallest absolute Gasteiger partial charge is 0.328 e. The number of aliphatic hydroxyl groups excluding tert-OH is 2. The minimum atomic E-state index is -1.66. The van der Waals surface area contributed by atoms with Crippen LogP contribution in [0.2, 0.25) is 0 Å². The van der Waals surface area contributed by atoms with Crippen molar-refractivity contribution < 1.29 is 93.3 Å². The van der Waals surface area contributed by atoms with Crippen molar-refractivity contribution in [3.05, 3.63) is 29.8 Å². The largest absolute Gasteiger partial charge is 0.508 e. The maximum absolute atomic E-state index is 14.4. The van der Waals surface area contributed by atoms with Gasteiger partial charge in [-0.3, -0.25) is 77.3 Å². The molecule has 18 N–H and O–H groups in total. The predicted octanol–water partition coefficient (Wildman–Crippen LogP) is -4.51. The predicted molar refractivity (Wildman–Crippen MR) is 339 cm³/mol. The molecule has 94 heavy (non-hydrogen) atoms. The summed E-state index contributed by atoms with van der Waals surface area (Å²) in [6.45, 7) is 2.75. The molecule has 0 saturated carbocycles. The van der Waals surface area contributed by atoms with E-state index < -0.39 is 114 Å². The second-order valence-electron chi connectivity index (χ2n) is 23.6. The van der Waals surface area contributed by atoms with E-state index in [1.165, 1.54) is 43.0 Å². The first-order valence-electron chi connectivity index (χ1n) is 31.9. The number of phenolic OH excluding ortho intramolecular Hbond substituents is 1. The summed E-state index contributed by atoms with van der Waals surface area (Å²) in [5.74, 6) is -10.4. The van der Waals surface area contributed by atoms with Gasteiger partial charge in [-0.05, 0) is 70.1 Å². The first kappa shape index (κ1) is 79.9. The molecule has 34 nitrogen and oxygen atoms in total. The Kier molecular flexibility index (Phi) is 37.0. The van der Waals surface area contributed by atoms with Gasteiger partial charge in [0.1, 0.15) is 36.0 Å². The fourth-order valence-corrected chi connectivity index (χ4v) is 10.6. The number of aliphatic imine (C=N–C) groups is 1. The number of nitrogens with two attached hydrogens (primary N) is 2. The molecule has 7 atom stereocenters. The van der Waals surface area contributed by atoms with Gasteiger partial charge >= 0.3 is 23.9 Å². The number of carbonyl (C=O) groups is 12. The lowest BCUT2D eigenvalue weighted by atomic mass is 10.0. The molecule has 2 fully saturated rings. The number of phenols is 1. The number of aliphatic hydroxyl groups is 2. The number of nitrogens with zero attached hydrogens (tertiary/aromatic N) is 6. The molecule has 2 saturated heterocycles. The number of aliphatic carboxylic acids is 4. The minimum absolute atomic E-state index is 0.0297. The molecule has 2 heterocycles. The summed E-state index contributed by atoms with van der Waals surface area (Å²) in [6, 6.07) is -2.60. The van der Waals surface area contributed by atoms with Gasteiger partial charge in [-0.25, -0.2) is 4.79 Å². The van der Waals surface area contributed by atoms with Crippen LogP contribution in [-0.2, 0) is 64.0 Å². The average molecular weight is 1330 g/mol. The van der Waals surface area contributed by atoms with Crippen LogP contribution in [0.3, 0.4) is 0 Å². The number of aromatic hydroxyl groups is 1. The summed E-state index contributed by atoms with van der Waals surface area (Å²) >= 11 is 0. The van der Waals surface area contributed by atoms with Crippen molar-refractivity contribution in [3.63, 3.8) is 0 Å². The molecule has 8 amide bonds. The van der Waals surface area contributed by atoms with E-state index >= 15 is 0 Å². The van der Waals surface area contributed by atoms with Gasteiger partial charge in [0.25, 0.3) is 0 Å². The van der Waals surface area contributed by atoms with Gasteiger partial charge in [-0.2, -0.15) is 0 Å². The van der Waals surface area contributed by atoms with E-state index in [1.54, 1.807) is 19.6 Å². The maximum Gasteiger partial charge on any atom is 0.328 e.